The number of nitrogens with one attached hydrogen (secondary N) is 1. The highest BCUT2D eigenvalue weighted by Gasteiger charge is 2.12. The molecule has 0 aromatic carbocycles. The second kappa shape index (κ2) is 9.35. The summed E-state index contributed by atoms with van der Waals surface area (Å²) in [5.41, 5.74) is 5.60. The molecule has 0 radical (unpaired) electrons. The van der Waals surface area contributed by atoms with E-state index in [4.69, 9.17) is 10.8 Å². The largest absolute Gasteiger partial charge is 0.481 e. The Bertz CT molecular complexity index is 477. The number of aliphatic carboxylic acids is 1. The van der Waals surface area contributed by atoms with E-state index in [1.165, 1.54) is 11.8 Å². The minimum absolute atomic E-state index is 0.0537. The lowest BCUT2D eigenvalue weighted by molar-refractivity contribution is -0.137. The highest BCUT2D eigenvalue weighted by Crippen LogP contribution is 2.17. The number of nitrogens with zero attached hydrogens (tertiary/aromatic N) is 3. The normalized spacial score (nSPS) is 10.6. The molecule has 1 aromatic rings. The Hall–Kier alpha value is -1.61. The molecule has 0 aliphatic rings. The van der Waals surface area contributed by atoms with Gasteiger partial charge < -0.3 is 20.7 Å². The number of carbonyl (C=O) groups is 2. The SMILES string of the molecule is CCCn1c(CN)nnc1SCC(=O)NCCCC(=O)O. The van der Waals surface area contributed by atoms with Crippen molar-refractivity contribution in [1.29, 1.82) is 0 Å². The Morgan fingerprint density at radius 3 is 2.81 bits per heavy atom. The minimum atomic E-state index is -0.861. The molecule has 0 spiro atoms. The van der Waals surface area contributed by atoms with Gasteiger partial charge in [0.2, 0.25) is 5.91 Å². The van der Waals surface area contributed by atoms with E-state index in [-0.39, 0.29) is 18.1 Å². The van der Waals surface area contributed by atoms with Crippen molar-refractivity contribution < 1.29 is 14.7 Å². The summed E-state index contributed by atoms with van der Waals surface area (Å²) in [6, 6.07) is 0. The highest BCUT2D eigenvalue weighted by molar-refractivity contribution is 7.99. The van der Waals surface area contributed by atoms with E-state index >= 15 is 0 Å². The van der Waals surface area contributed by atoms with Gasteiger partial charge in [0.05, 0.1) is 12.3 Å². The van der Waals surface area contributed by atoms with E-state index in [0.29, 0.717) is 30.5 Å². The van der Waals surface area contributed by atoms with Crippen LogP contribution in [0.1, 0.15) is 32.0 Å². The maximum atomic E-state index is 11.6. The third-order valence-electron chi connectivity index (χ3n) is 2.65. The number of carboxylic acid groups (broad SMARTS) is 1. The summed E-state index contributed by atoms with van der Waals surface area (Å²) < 4.78 is 1.92. The quantitative estimate of drug-likeness (QED) is 0.417. The molecule has 0 saturated carbocycles. The first-order chi connectivity index (χ1) is 10.1. The molecular weight excluding hydrogens is 294 g/mol. The average Bonchev–Trinajstić information content (AvgIpc) is 2.84. The lowest BCUT2D eigenvalue weighted by atomic mass is 10.3. The molecule has 1 heterocycles. The number of aromatic nitrogens is 3. The zero-order valence-electron chi connectivity index (χ0n) is 12.0. The van der Waals surface area contributed by atoms with E-state index in [0.717, 1.165) is 13.0 Å². The van der Waals surface area contributed by atoms with E-state index in [1.54, 1.807) is 0 Å². The van der Waals surface area contributed by atoms with Gasteiger partial charge in [-0.2, -0.15) is 0 Å². The Morgan fingerprint density at radius 1 is 1.43 bits per heavy atom. The molecule has 118 valence electrons. The van der Waals surface area contributed by atoms with Gasteiger partial charge in [-0.3, -0.25) is 9.59 Å². The molecule has 0 aliphatic heterocycles. The molecule has 0 saturated heterocycles. The molecule has 1 rings (SSSR count). The van der Waals surface area contributed by atoms with Crippen molar-refractivity contribution in [3.63, 3.8) is 0 Å². The standard InChI is InChI=1S/C12H21N5O3S/c1-2-6-17-9(7-13)15-16-12(17)21-8-10(18)14-5-3-4-11(19)20/h2-8,13H2,1H3,(H,14,18)(H,19,20). The second-order valence-electron chi connectivity index (χ2n) is 4.39. The molecule has 0 fully saturated rings. The number of hydrogen-bond acceptors (Lipinski definition) is 6. The number of nitrogens with two attached hydrogens (primary N) is 1. The van der Waals surface area contributed by atoms with Gasteiger partial charge in [0.25, 0.3) is 0 Å². The number of thioether (sulfide) groups is 1. The molecule has 4 N–H and O–H groups in total. The maximum absolute atomic E-state index is 11.6. The van der Waals surface area contributed by atoms with Gasteiger partial charge in [0.1, 0.15) is 5.82 Å². The minimum Gasteiger partial charge on any atom is -0.481 e. The lowest BCUT2D eigenvalue weighted by Gasteiger charge is -2.07. The summed E-state index contributed by atoms with van der Waals surface area (Å²) in [6.45, 7) is 3.49. The van der Waals surface area contributed by atoms with Gasteiger partial charge in [0, 0.05) is 19.5 Å². The first-order valence-corrected chi connectivity index (χ1v) is 7.80. The second-order valence-corrected chi connectivity index (χ2v) is 5.33. The molecule has 0 bridgehead atoms. The maximum Gasteiger partial charge on any atom is 0.303 e. The van der Waals surface area contributed by atoms with Gasteiger partial charge in [-0.25, -0.2) is 0 Å². The van der Waals surface area contributed by atoms with Gasteiger partial charge in [-0.1, -0.05) is 18.7 Å². The molecule has 1 aromatic heterocycles. The fourth-order valence-corrected chi connectivity index (χ4v) is 2.49. The van der Waals surface area contributed by atoms with Crippen LogP contribution in [-0.2, 0) is 22.7 Å². The summed E-state index contributed by atoms with van der Waals surface area (Å²) in [6.07, 6.45) is 1.41. The highest BCUT2D eigenvalue weighted by atomic mass is 32.2. The van der Waals surface area contributed by atoms with Gasteiger partial charge >= 0.3 is 5.97 Å². The summed E-state index contributed by atoms with van der Waals surface area (Å²) in [5.74, 6) is -0.0768. The van der Waals surface area contributed by atoms with Crippen LogP contribution < -0.4 is 11.1 Å². The lowest BCUT2D eigenvalue weighted by Crippen LogP contribution is -2.26. The summed E-state index contributed by atoms with van der Waals surface area (Å²) in [7, 11) is 0. The average molecular weight is 315 g/mol. The zero-order valence-corrected chi connectivity index (χ0v) is 12.9. The van der Waals surface area contributed by atoms with Gasteiger partial charge in [0.15, 0.2) is 5.16 Å². The molecule has 0 unspecified atom stereocenters. The smallest absolute Gasteiger partial charge is 0.303 e. The van der Waals surface area contributed by atoms with E-state index < -0.39 is 5.97 Å². The first kappa shape index (κ1) is 17.4. The number of rotatable bonds is 10. The fourth-order valence-electron chi connectivity index (χ4n) is 1.67. The number of carbonyl (C=O) groups excluding carboxylic acids is 1. The van der Waals surface area contributed by atoms with E-state index in [1.807, 2.05) is 11.5 Å². The Labute approximate surface area is 127 Å². The summed E-state index contributed by atoms with van der Waals surface area (Å²) >= 11 is 1.30. The third-order valence-corrected chi connectivity index (χ3v) is 3.61. The zero-order chi connectivity index (χ0) is 15.7. The molecule has 8 nitrogen and oxygen atoms in total. The Morgan fingerprint density at radius 2 is 2.19 bits per heavy atom. The first-order valence-electron chi connectivity index (χ1n) is 6.81. The van der Waals surface area contributed by atoms with Crippen molar-refractivity contribution in [2.45, 2.75) is 44.4 Å². The van der Waals surface area contributed by atoms with Crippen molar-refractivity contribution in [2.75, 3.05) is 12.3 Å². The van der Waals surface area contributed by atoms with Crippen LogP contribution in [0.4, 0.5) is 0 Å². The fraction of sp³-hybridized carbons (Fsp3) is 0.667. The van der Waals surface area contributed by atoms with Crippen molar-refractivity contribution >= 4 is 23.6 Å². The number of hydrogen-bond donors (Lipinski definition) is 3. The van der Waals surface area contributed by atoms with Crippen LogP contribution >= 0.6 is 11.8 Å². The van der Waals surface area contributed by atoms with Crippen LogP contribution in [-0.4, -0.2) is 44.0 Å². The number of amides is 1. The van der Waals surface area contributed by atoms with Crippen LogP contribution in [0.25, 0.3) is 0 Å². The molecular formula is C12H21N5O3S. The number of carboxylic acids is 1. The topological polar surface area (TPSA) is 123 Å². The van der Waals surface area contributed by atoms with Crippen LogP contribution in [0.2, 0.25) is 0 Å². The summed E-state index contributed by atoms with van der Waals surface area (Å²) in [5, 5.41) is 19.9. The van der Waals surface area contributed by atoms with Crippen molar-refractivity contribution in [2.24, 2.45) is 5.73 Å². The van der Waals surface area contributed by atoms with Gasteiger partial charge in [-0.05, 0) is 12.8 Å². The van der Waals surface area contributed by atoms with Crippen LogP contribution in [0.5, 0.6) is 0 Å². The van der Waals surface area contributed by atoms with Crippen molar-refractivity contribution in [1.82, 2.24) is 20.1 Å². The predicted molar refractivity (Wildman–Crippen MR) is 78.8 cm³/mol. The van der Waals surface area contributed by atoms with Crippen molar-refractivity contribution in [3.05, 3.63) is 5.82 Å². The predicted octanol–water partition coefficient (Wildman–Crippen LogP) is 0.220. The van der Waals surface area contributed by atoms with Crippen LogP contribution in [0.15, 0.2) is 5.16 Å². The monoisotopic (exact) mass is 315 g/mol. The van der Waals surface area contributed by atoms with Crippen LogP contribution in [0, 0.1) is 0 Å². The molecule has 0 atom stereocenters. The third kappa shape index (κ3) is 6.13. The molecule has 0 aliphatic carbocycles. The van der Waals surface area contributed by atoms with Crippen LogP contribution in [0.3, 0.4) is 0 Å². The van der Waals surface area contributed by atoms with Gasteiger partial charge in [-0.15, -0.1) is 10.2 Å². The summed E-state index contributed by atoms with van der Waals surface area (Å²) in [4.78, 5) is 22.0. The Balaban J connectivity index is 2.38. The molecule has 9 heteroatoms. The van der Waals surface area contributed by atoms with E-state index in [9.17, 15) is 9.59 Å². The van der Waals surface area contributed by atoms with Crippen molar-refractivity contribution in [3.8, 4) is 0 Å². The Kier molecular flexibility index (Phi) is 7.76. The van der Waals surface area contributed by atoms with E-state index in [2.05, 4.69) is 15.5 Å². The molecule has 21 heavy (non-hydrogen) atoms. The molecule has 1 amide bonds.